The van der Waals surface area contributed by atoms with Gasteiger partial charge in [-0.15, -0.1) is 0 Å². The molecule has 1 aliphatic rings. The van der Waals surface area contributed by atoms with E-state index >= 15 is 0 Å². The zero-order valence-electron chi connectivity index (χ0n) is 9.00. The van der Waals surface area contributed by atoms with E-state index < -0.39 is 11.8 Å². The summed E-state index contributed by atoms with van der Waals surface area (Å²) >= 11 is 0. The SMILES string of the molecule is CC(C)(C)CCCCC1(C(=O)O)OO1. The molecule has 0 bridgehead atoms. The monoisotopic (exact) mass is 202 g/mol. The highest BCUT2D eigenvalue weighted by molar-refractivity contribution is 5.76. The van der Waals surface area contributed by atoms with Gasteiger partial charge in [-0.2, -0.15) is 9.78 Å². The fraction of sp³-hybridized carbons (Fsp3) is 0.900. The van der Waals surface area contributed by atoms with Crippen LogP contribution >= 0.6 is 0 Å². The molecule has 0 radical (unpaired) electrons. The highest BCUT2D eigenvalue weighted by Crippen LogP contribution is 2.36. The fourth-order valence-electron chi connectivity index (χ4n) is 1.32. The number of aliphatic carboxylic acids is 1. The van der Waals surface area contributed by atoms with E-state index in [0.29, 0.717) is 11.8 Å². The third-order valence-corrected chi connectivity index (χ3v) is 2.29. The summed E-state index contributed by atoms with van der Waals surface area (Å²) in [4.78, 5) is 19.6. The average molecular weight is 202 g/mol. The minimum Gasteiger partial charge on any atom is -0.477 e. The lowest BCUT2D eigenvalue weighted by molar-refractivity contribution is -0.144. The smallest absolute Gasteiger partial charge is 0.370 e. The van der Waals surface area contributed by atoms with Crippen LogP contribution in [0.3, 0.4) is 0 Å². The van der Waals surface area contributed by atoms with E-state index in [0.717, 1.165) is 19.3 Å². The van der Waals surface area contributed by atoms with Gasteiger partial charge in [0.2, 0.25) is 0 Å². The molecule has 0 aromatic carbocycles. The molecule has 1 heterocycles. The van der Waals surface area contributed by atoms with Gasteiger partial charge in [0.05, 0.1) is 0 Å². The molecule has 1 N–H and O–H groups in total. The lowest BCUT2D eigenvalue weighted by Gasteiger charge is -2.17. The summed E-state index contributed by atoms with van der Waals surface area (Å²) in [7, 11) is 0. The highest BCUT2D eigenvalue weighted by Gasteiger charge is 2.56. The molecule has 1 saturated heterocycles. The van der Waals surface area contributed by atoms with Crippen LogP contribution in [0, 0.1) is 5.41 Å². The van der Waals surface area contributed by atoms with Crippen LogP contribution in [0.15, 0.2) is 0 Å². The highest BCUT2D eigenvalue weighted by atomic mass is 17.4. The number of carboxylic acid groups (broad SMARTS) is 1. The largest absolute Gasteiger partial charge is 0.477 e. The number of carboxylic acids is 1. The van der Waals surface area contributed by atoms with Crippen LogP contribution in [0.5, 0.6) is 0 Å². The molecule has 0 spiro atoms. The average Bonchev–Trinajstić information content (AvgIpc) is 2.77. The number of unbranched alkanes of at least 4 members (excludes halogenated alkanes) is 1. The second-order valence-corrected chi connectivity index (χ2v) is 4.99. The van der Waals surface area contributed by atoms with Gasteiger partial charge in [-0.05, 0) is 18.3 Å². The molecule has 0 amide bonds. The molecule has 0 unspecified atom stereocenters. The van der Waals surface area contributed by atoms with Crippen LogP contribution in [0.1, 0.15) is 46.5 Å². The molecule has 82 valence electrons. The summed E-state index contributed by atoms with van der Waals surface area (Å²) in [6, 6.07) is 0. The molecule has 1 fully saturated rings. The van der Waals surface area contributed by atoms with Gasteiger partial charge in [0.15, 0.2) is 0 Å². The molecule has 1 aliphatic heterocycles. The summed E-state index contributed by atoms with van der Waals surface area (Å²) in [5.74, 6) is -2.33. The Morgan fingerprint density at radius 2 is 1.86 bits per heavy atom. The van der Waals surface area contributed by atoms with Crippen molar-refractivity contribution in [1.82, 2.24) is 0 Å². The quantitative estimate of drug-likeness (QED) is 0.422. The molecule has 0 aromatic heterocycles. The van der Waals surface area contributed by atoms with Crippen molar-refractivity contribution in [1.29, 1.82) is 0 Å². The van der Waals surface area contributed by atoms with Crippen molar-refractivity contribution in [3.8, 4) is 0 Å². The van der Waals surface area contributed by atoms with Crippen LogP contribution in [0.2, 0.25) is 0 Å². The first kappa shape index (κ1) is 11.5. The lowest BCUT2D eigenvalue weighted by Crippen LogP contribution is -2.23. The van der Waals surface area contributed by atoms with Crippen LogP contribution in [0.4, 0.5) is 0 Å². The van der Waals surface area contributed by atoms with Gasteiger partial charge in [0, 0.05) is 6.42 Å². The maximum atomic E-state index is 10.6. The summed E-state index contributed by atoms with van der Waals surface area (Å²) in [5, 5.41) is 8.71. The summed E-state index contributed by atoms with van der Waals surface area (Å²) < 4.78 is 0. The van der Waals surface area contributed by atoms with E-state index in [1.165, 1.54) is 0 Å². The van der Waals surface area contributed by atoms with E-state index in [2.05, 4.69) is 30.5 Å². The second kappa shape index (κ2) is 3.87. The van der Waals surface area contributed by atoms with Crippen molar-refractivity contribution < 1.29 is 19.7 Å². The maximum Gasteiger partial charge on any atom is 0.370 e. The van der Waals surface area contributed by atoms with Crippen LogP contribution in [-0.4, -0.2) is 16.9 Å². The Morgan fingerprint density at radius 1 is 1.29 bits per heavy atom. The standard InChI is InChI=1S/C10H18O4/c1-9(2,3)6-4-5-7-10(8(11)12)13-14-10/h4-7H2,1-3H3,(H,11,12). The predicted molar refractivity (Wildman–Crippen MR) is 50.5 cm³/mol. The molecule has 14 heavy (non-hydrogen) atoms. The van der Waals surface area contributed by atoms with Crippen molar-refractivity contribution in [2.45, 2.75) is 52.2 Å². The third kappa shape index (κ3) is 3.27. The van der Waals surface area contributed by atoms with Gasteiger partial charge in [-0.25, -0.2) is 4.79 Å². The lowest BCUT2D eigenvalue weighted by atomic mass is 9.89. The first-order chi connectivity index (χ1) is 6.36. The normalized spacial score (nSPS) is 19.4. The Labute approximate surface area is 84.1 Å². The van der Waals surface area contributed by atoms with Gasteiger partial charge in [0.1, 0.15) is 0 Å². The minimum atomic E-state index is -1.31. The molecular weight excluding hydrogens is 184 g/mol. The predicted octanol–water partition coefficient (Wildman–Crippen LogP) is 2.34. The number of hydrogen-bond donors (Lipinski definition) is 1. The number of rotatable bonds is 5. The summed E-state index contributed by atoms with van der Waals surface area (Å²) in [6.45, 7) is 6.51. The van der Waals surface area contributed by atoms with Gasteiger partial charge in [-0.1, -0.05) is 27.2 Å². The number of carbonyl (C=O) groups is 1. The zero-order valence-corrected chi connectivity index (χ0v) is 9.00. The van der Waals surface area contributed by atoms with Crippen molar-refractivity contribution in [2.75, 3.05) is 0 Å². The van der Waals surface area contributed by atoms with E-state index in [1.54, 1.807) is 0 Å². The first-order valence-electron chi connectivity index (χ1n) is 4.96. The Balaban J connectivity index is 2.13. The maximum absolute atomic E-state index is 10.6. The minimum absolute atomic E-state index is 0.307. The molecule has 0 aromatic rings. The van der Waals surface area contributed by atoms with E-state index in [1.807, 2.05) is 0 Å². The molecule has 4 heteroatoms. The molecule has 0 aliphatic carbocycles. The van der Waals surface area contributed by atoms with Crippen molar-refractivity contribution in [3.63, 3.8) is 0 Å². The Kier molecular flexibility index (Phi) is 3.17. The third-order valence-electron chi connectivity index (χ3n) is 2.29. The molecule has 0 saturated carbocycles. The summed E-state index contributed by atoms with van der Waals surface area (Å²) in [6.07, 6.45) is 3.36. The Hall–Kier alpha value is -0.610. The summed E-state index contributed by atoms with van der Waals surface area (Å²) in [5.41, 5.74) is 0.307. The van der Waals surface area contributed by atoms with E-state index in [9.17, 15) is 4.79 Å². The molecule has 1 rings (SSSR count). The number of hydrogen-bond acceptors (Lipinski definition) is 3. The van der Waals surface area contributed by atoms with Crippen molar-refractivity contribution in [3.05, 3.63) is 0 Å². The van der Waals surface area contributed by atoms with Gasteiger partial charge in [0.25, 0.3) is 0 Å². The molecular formula is C10H18O4. The topological polar surface area (TPSA) is 62.4 Å². The van der Waals surface area contributed by atoms with Crippen LogP contribution in [-0.2, 0) is 14.6 Å². The van der Waals surface area contributed by atoms with E-state index in [-0.39, 0.29) is 0 Å². The molecule has 0 atom stereocenters. The first-order valence-corrected chi connectivity index (χ1v) is 4.96. The van der Waals surface area contributed by atoms with Crippen LogP contribution < -0.4 is 0 Å². The van der Waals surface area contributed by atoms with Gasteiger partial charge >= 0.3 is 11.8 Å². The Morgan fingerprint density at radius 3 is 2.21 bits per heavy atom. The zero-order chi connectivity index (χ0) is 10.8. The van der Waals surface area contributed by atoms with Gasteiger partial charge < -0.3 is 5.11 Å². The van der Waals surface area contributed by atoms with Crippen LogP contribution in [0.25, 0.3) is 0 Å². The van der Waals surface area contributed by atoms with E-state index in [4.69, 9.17) is 5.11 Å². The molecule has 4 nitrogen and oxygen atoms in total. The Bertz CT molecular complexity index is 213. The van der Waals surface area contributed by atoms with Crippen molar-refractivity contribution >= 4 is 5.97 Å². The van der Waals surface area contributed by atoms with Gasteiger partial charge in [-0.3, -0.25) is 0 Å². The fourth-order valence-corrected chi connectivity index (χ4v) is 1.32. The van der Waals surface area contributed by atoms with Crippen molar-refractivity contribution in [2.24, 2.45) is 5.41 Å². The second-order valence-electron chi connectivity index (χ2n) is 4.99.